The number of hydrogen-bond donors (Lipinski definition) is 1. The SMILES string of the molecule is C#C[C@@](C)(CC)NC(=O)c1cc2nc(-c3ccccc3)cc(C(F)(F)F)n2n1. The molecule has 2 aromatic heterocycles. The lowest BCUT2D eigenvalue weighted by Gasteiger charge is -2.22. The first-order valence-electron chi connectivity index (χ1n) is 8.50. The minimum atomic E-state index is -4.68. The number of hydrogen-bond acceptors (Lipinski definition) is 3. The Morgan fingerprint density at radius 2 is 1.93 bits per heavy atom. The predicted octanol–water partition coefficient (Wildman–Crippen LogP) is 3.95. The zero-order chi connectivity index (χ0) is 20.5. The second kappa shape index (κ2) is 7.00. The van der Waals surface area contributed by atoms with Gasteiger partial charge in [0.05, 0.1) is 11.2 Å². The topological polar surface area (TPSA) is 59.3 Å². The molecule has 1 aromatic carbocycles. The summed E-state index contributed by atoms with van der Waals surface area (Å²) in [6.07, 6.45) is 1.20. The van der Waals surface area contributed by atoms with Crippen LogP contribution in [0.1, 0.15) is 36.5 Å². The largest absolute Gasteiger partial charge is 0.433 e. The smallest absolute Gasteiger partial charge is 0.335 e. The molecule has 0 aliphatic rings. The van der Waals surface area contributed by atoms with Crippen LogP contribution in [0.3, 0.4) is 0 Å². The van der Waals surface area contributed by atoms with Crippen LogP contribution in [0.4, 0.5) is 13.2 Å². The van der Waals surface area contributed by atoms with Crippen LogP contribution in [0.5, 0.6) is 0 Å². The van der Waals surface area contributed by atoms with Gasteiger partial charge in [-0.1, -0.05) is 43.2 Å². The highest BCUT2D eigenvalue weighted by Crippen LogP contribution is 2.32. The van der Waals surface area contributed by atoms with E-state index in [1.807, 2.05) is 0 Å². The highest BCUT2D eigenvalue weighted by atomic mass is 19.4. The minimum absolute atomic E-state index is 0.0854. The highest BCUT2D eigenvalue weighted by molar-refractivity contribution is 5.94. The van der Waals surface area contributed by atoms with E-state index in [0.717, 1.165) is 6.07 Å². The summed E-state index contributed by atoms with van der Waals surface area (Å²) in [6, 6.07) is 10.6. The average Bonchev–Trinajstić information content (AvgIpc) is 3.11. The van der Waals surface area contributed by atoms with Crippen molar-refractivity contribution >= 4 is 11.6 Å². The summed E-state index contributed by atoms with van der Waals surface area (Å²) >= 11 is 0. The van der Waals surface area contributed by atoms with Gasteiger partial charge in [0.25, 0.3) is 5.91 Å². The molecule has 144 valence electrons. The van der Waals surface area contributed by atoms with Gasteiger partial charge in [-0.2, -0.15) is 18.3 Å². The molecule has 2 heterocycles. The molecule has 0 radical (unpaired) electrons. The maximum atomic E-state index is 13.6. The maximum Gasteiger partial charge on any atom is 0.433 e. The summed E-state index contributed by atoms with van der Waals surface area (Å²) in [6.45, 7) is 3.44. The van der Waals surface area contributed by atoms with Crippen molar-refractivity contribution < 1.29 is 18.0 Å². The molecule has 1 amide bonds. The molecule has 0 bridgehead atoms. The minimum Gasteiger partial charge on any atom is -0.335 e. The Balaban J connectivity index is 2.12. The van der Waals surface area contributed by atoms with Crippen LogP contribution < -0.4 is 5.32 Å². The fourth-order valence-corrected chi connectivity index (χ4v) is 2.59. The first kappa shape index (κ1) is 19.4. The number of fused-ring (bicyclic) bond motifs is 1. The van der Waals surface area contributed by atoms with Crippen molar-refractivity contribution in [3.05, 3.63) is 53.9 Å². The summed E-state index contributed by atoms with van der Waals surface area (Å²) in [5.74, 6) is 1.80. The number of carbonyl (C=O) groups excluding carboxylic acids is 1. The lowest BCUT2D eigenvalue weighted by atomic mass is 10.0. The molecule has 0 unspecified atom stereocenters. The normalized spacial score (nSPS) is 13.7. The van der Waals surface area contributed by atoms with E-state index in [-0.39, 0.29) is 17.0 Å². The Kier molecular flexibility index (Phi) is 4.86. The van der Waals surface area contributed by atoms with E-state index >= 15 is 0 Å². The second-order valence-electron chi connectivity index (χ2n) is 6.47. The Labute approximate surface area is 159 Å². The van der Waals surface area contributed by atoms with Crippen molar-refractivity contribution in [3.63, 3.8) is 0 Å². The van der Waals surface area contributed by atoms with E-state index in [0.29, 0.717) is 16.5 Å². The second-order valence-corrected chi connectivity index (χ2v) is 6.47. The summed E-state index contributed by atoms with van der Waals surface area (Å²) in [7, 11) is 0. The third-order valence-electron chi connectivity index (χ3n) is 4.43. The molecule has 0 saturated carbocycles. The lowest BCUT2D eigenvalue weighted by molar-refractivity contribution is -0.142. The van der Waals surface area contributed by atoms with Gasteiger partial charge in [-0.3, -0.25) is 4.79 Å². The molecule has 0 spiro atoms. The number of alkyl halides is 3. The van der Waals surface area contributed by atoms with Crippen LogP contribution in [0.2, 0.25) is 0 Å². The summed E-state index contributed by atoms with van der Waals surface area (Å²) in [5.41, 5.74) is -1.58. The van der Waals surface area contributed by atoms with Crippen LogP contribution >= 0.6 is 0 Å². The number of carbonyl (C=O) groups is 1. The Morgan fingerprint density at radius 1 is 1.25 bits per heavy atom. The van der Waals surface area contributed by atoms with Gasteiger partial charge < -0.3 is 5.32 Å². The first-order valence-corrected chi connectivity index (χ1v) is 8.50. The molecule has 1 atom stereocenters. The number of halogens is 3. The van der Waals surface area contributed by atoms with Crippen molar-refractivity contribution in [1.82, 2.24) is 19.9 Å². The zero-order valence-electron chi connectivity index (χ0n) is 15.2. The summed E-state index contributed by atoms with van der Waals surface area (Å²) < 4.78 is 41.4. The van der Waals surface area contributed by atoms with E-state index in [4.69, 9.17) is 6.42 Å². The van der Waals surface area contributed by atoms with Crippen LogP contribution in [-0.4, -0.2) is 26.0 Å². The zero-order valence-corrected chi connectivity index (χ0v) is 15.2. The van der Waals surface area contributed by atoms with Crippen LogP contribution in [-0.2, 0) is 6.18 Å². The van der Waals surface area contributed by atoms with Crippen molar-refractivity contribution in [2.75, 3.05) is 0 Å². The van der Waals surface area contributed by atoms with E-state index in [2.05, 4.69) is 21.3 Å². The van der Waals surface area contributed by atoms with Gasteiger partial charge in [-0.15, -0.1) is 6.42 Å². The number of rotatable bonds is 4. The van der Waals surface area contributed by atoms with Crippen molar-refractivity contribution in [2.45, 2.75) is 32.0 Å². The van der Waals surface area contributed by atoms with Crippen molar-refractivity contribution in [1.29, 1.82) is 0 Å². The molecule has 0 aliphatic carbocycles. The first-order chi connectivity index (χ1) is 13.2. The molecular formula is C20H17F3N4O. The van der Waals surface area contributed by atoms with E-state index in [1.165, 1.54) is 6.07 Å². The summed E-state index contributed by atoms with van der Waals surface area (Å²) in [5, 5.41) is 6.43. The standard InChI is InChI=1S/C20H17F3N4O/c1-4-19(3,5-2)25-18(28)15-12-17-24-14(13-9-7-6-8-10-13)11-16(20(21,22)23)27(17)26-15/h1,6-12H,5H2,2-3H3,(H,25,28)/t19-/m0/s1. The average molecular weight is 386 g/mol. The number of nitrogens with one attached hydrogen (secondary N) is 1. The predicted molar refractivity (Wildman–Crippen MR) is 98.4 cm³/mol. The number of nitrogens with zero attached hydrogens (tertiary/aromatic N) is 3. The third-order valence-corrected chi connectivity index (χ3v) is 4.43. The third kappa shape index (κ3) is 3.69. The van der Waals surface area contributed by atoms with Crippen LogP contribution in [0.15, 0.2) is 42.5 Å². The lowest BCUT2D eigenvalue weighted by Crippen LogP contribution is -2.44. The van der Waals surface area contributed by atoms with Crippen LogP contribution in [0, 0.1) is 12.3 Å². The number of benzene rings is 1. The number of terminal acetylenes is 1. The molecule has 5 nitrogen and oxygen atoms in total. The van der Waals surface area contributed by atoms with Gasteiger partial charge in [0.2, 0.25) is 0 Å². The summed E-state index contributed by atoms with van der Waals surface area (Å²) in [4.78, 5) is 16.7. The maximum absolute atomic E-state index is 13.6. The fourth-order valence-electron chi connectivity index (χ4n) is 2.59. The van der Waals surface area contributed by atoms with Gasteiger partial charge in [0.1, 0.15) is 0 Å². The number of aromatic nitrogens is 3. The number of amides is 1. The van der Waals surface area contributed by atoms with Gasteiger partial charge >= 0.3 is 6.18 Å². The molecule has 0 saturated heterocycles. The van der Waals surface area contributed by atoms with Crippen molar-refractivity contribution in [3.8, 4) is 23.6 Å². The molecule has 3 rings (SSSR count). The molecule has 8 heteroatoms. The van der Waals surface area contributed by atoms with Crippen molar-refractivity contribution in [2.24, 2.45) is 0 Å². The fraction of sp³-hybridized carbons (Fsp3) is 0.250. The Hall–Kier alpha value is -3.34. The van der Waals surface area contributed by atoms with Gasteiger partial charge in [-0.05, 0) is 19.4 Å². The molecule has 28 heavy (non-hydrogen) atoms. The quantitative estimate of drug-likeness (QED) is 0.691. The van der Waals surface area contributed by atoms with Gasteiger partial charge in [0, 0.05) is 11.6 Å². The molecular weight excluding hydrogens is 369 g/mol. The molecule has 0 aliphatic heterocycles. The van der Waals surface area contributed by atoms with E-state index in [9.17, 15) is 18.0 Å². The van der Waals surface area contributed by atoms with Crippen LogP contribution in [0.25, 0.3) is 16.9 Å². The molecule has 3 aromatic rings. The molecule has 0 fully saturated rings. The molecule has 1 N–H and O–H groups in total. The van der Waals surface area contributed by atoms with Gasteiger partial charge in [0.15, 0.2) is 17.0 Å². The Bertz CT molecular complexity index is 1070. The Morgan fingerprint density at radius 3 is 2.50 bits per heavy atom. The van der Waals surface area contributed by atoms with Gasteiger partial charge in [-0.25, -0.2) is 9.50 Å². The highest BCUT2D eigenvalue weighted by Gasteiger charge is 2.36. The van der Waals surface area contributed by atoms with E-state index < -0.39 is 23.3 Å². The van der Waals surface area contributed by atoms with E-state index in [1.54, 1.807) is 44.2 Å². The monoisotopic (exact) mass is 386 g/mol.